The molecule has 0 aliphatic carbocycles. The van der Waals surface area contributed by atoms with E-state index < -0.39 is 0 Å². The van der Waals surface area contributed by atoms with Crippen molar-refractivity contribution in [1.29, 1.82) is 0 Å². The van der Waals surface area contributed by atoms with Gasteiger partial charge < -0.3 is 15.2 Å². The Labute approximate surface area is 83.7 Å². The topological polar surface area (TPSA) is 41.5 Å². The van der Waals surface area contributed by atoms with Gasteiger partial charge in [-0.2, -0.15) is 0 Å². The van der Waals surface area contributed by atoms with Gasteiger partial charge in [-0.05, 0) is 24.6 Å². The van der Waals surface area contributed by atoms with Gasteiger partial charge >= 0.3 is 0 Å². The fourth-order valence-electron chi connectivity index (χ4n) is 1.71. The number of hydrogen-bond donors (Lipinski definition) is 2. The highest BCUT2D eigenvalue weighted by Crippen LogP contribution is 2.27. The van der Waals surface area contributed by atoms with Gasteiger partial charge in [0.1, 0.15) is 12.4 Å². The van der Waals surface area contributed by atoms with Crippen LogP contribution in [0.3, 0.4) is 0 Å². The molecule has 1 aliphatic heterocycles. The maximum absolute atomic E-state index is 9.03. The summed E-state index contributed by atoms with van der Waals surface area (Å²) in [5.41, 5.74) is 2.07. The van der Waals surface area contributed by atoms with Crippen molar-refractivity contribution in [1.82, 2.24) is 5.32 Å². The zero-order chi connectivity index (χ0) is 9.97. The van der Waals surface area contributed by atoms with E-state index in [1.165, 1.54) is 0 Å². The van der Waals surface area contributed by atoms with E-state index in [2.05, 4.69) is 12.2 Å². The molecule has 1 atom stereocenters. The van der Waals surface area contributed by atoms with Crippen molar-refractivity contribution < 1.29 is 9.84 Å². The van der Waals surface area contributed by atoms with E-state index in [9.17, 15) is 0 Å². The minimum absolute atomic E-state index is 0.0833. The van der Waals surface area contributed by atoms with Crippen molar-refractivity contribution in [2.75, 3.05) is 13.2 Å². The minimum Gasteiger partial charge on any atom is -0.492 e. The summed E-state index contributed by atoms with van der Waals surface area (Å²) in [7, 11) is 0. The van der Waals surface area contributed by atoms with Gasteiger partial charge in [-0.25, -0.2) is 0 Å². The molecular weight excluding hydrogens is 178 g/mol. The van der Waals surface area contributed by atoms with Crippen LogP contribution in [0.15, 0.2) is 18.2 Å². The first-order valence-electron chi connectivity index (χ1n) is 4.91. The Morgan fingerprint density at radius 1 is 1.57 bits per heavy atom. The number of aliphatic hydroxyl groups is 1. The minimum atomic E-state index is 0.0833. The summed E-state index contributed by atoms with van der Waals surface area (Å²) < 4.78 is 5.57. The lowest BCUT2D eigenvalue weighted by Gasteiger charge is -2.13. The Bertz CT molecular complexity index is 325. The summed E-state index contributed by atoms with van der Waals surface area (Å²) in [6.07, 6.45) is 0. The van der Waals surface area contributed by atoms with E-state index in [1.54, 1.807) is 0 Å². The fourth-order valence-corrected chi connectivity index (χ4v) is 1.71. The first-order chi connectivity index (χ1) is 6.81. The molecule has 2 N–H and O–H groups in total. The van der Waals surface area contributed by atoms with Crippen LogP contribution in [0.5, 0.6) is 5.75 Å². The SMILES string of the molecule is CC1NCCOc2ccc(CO)cc21. The van der Waals surface area contributed by atoms with E-state index in [0.717, 1.165) is 23.4 Å². The lowest BCUT2D eigenvalue weighted by Crippen LogP contribution is -2.20. The predicted octanol–water partition coefficient (Wildman–Crippen LogP) is 1.22. The van der Waals surface area contributed by atoms with E-state index in [4.69, 9.17) is 9.84 Å². The van der Waals surface area contributed by atoms with Crippen molar-refractivity contribution in [3.8, 4) is 5.75 Å². The van der Waals surface area contributed by atoms with Gasteiger partial charge in [0.05, 0.1) is 6.61 Å². The van der Waals surface area contributed by atoms with Crippen LogP contribution in [0, 0.1) is 0 Å². The highest BCUT2D eigenvalue weighted by Gasteiger charge is 2.15. The van der Waals surface area contributed by atoms with Crippen LogP contribution in [0.4, 0.5) is 0 Å². The Hall–Kier alpha value is -1.06. The fraction of sp³-hybridized carbons (Fsp3) is 0.455. The number of benzene rings is 1. The van der Waals surface area contributed by atoms with Gasteiger partial charge in [0.15, 0.2) is 0 Å². The first-order valence-corrected chi connectivity index (χ1v) is 4.91. The number of aliphatic hydroxyl groups excluding tert-OH is 1. The Kier molecular flexibility index (Phi) is 2.70. The summed E-state index contributed by atoms with van der Waals surface area (Å²) in [5.74, 6) is 0.930. The second kappa shape index (κ2) is 3.98. The molecule has 1 heterocycles. The van der Waals surface area contributed by atoms with E-state index in [1.807, 2.05) is 18.2 Å². The third-order valence-corrected chi connectivity index (χ3v) is 2.53. The number of ether oxygens (including phenoxy) is 1. The zero-order valence-electron chi connectivity index (χ0n) is 8.29. The van der Waals surface area contributed by atoms with Crippen LogP contribution in [0.25, 0.3) is 0 Å². The molecule has 0 aromatic heterocycles. The second-order valence-corrected chi connectivity index (χ2v) is 3.55. The van der Waals surface area contributed by atoms with Crippen molar-refractivity contribution in [2.24, 2.45) is 0 Å². The molecule has 14 heavy (non-hydrogen) atoms. The second-order valence-electron chi connectivity index (χ2n) is 3.55. The van der Waals surface area contributed by atoms with Gasteiger partial charge in [0, 0.05) is 18.2 Å². The molecule has 76 valence electrons. The van der Waals surface area contributed by atoms with Crippen molar-refractivity contribution >= 4 is 0 Å². The molecule has 0 amide bonds. The molecule has 0 fully saturated rings. The number of nitrogens with one attached hydrogen (secondary N) is 1. The van der Waals surface area contributed by atoms with Crippen LogP contribution in [-0.2, 0) is 6.61 Å². The highest BCUT2D eigenvalue weighted by molar-refractivity contribution is 5.39. The van der Waals surface area contributed by atoms with Crippen molar-refractivity contribution in [3.05, 3.63) is 29.3 Å². The maximum Gasteiger partial charge on any atom is 0.124 e. The number of hydrogen-bond acceptors (Lipinski definition) is 3. The van der Waals surface area contributed by atoms with Crippen LogP contribution < -0.4 is 10.1 Å². The molecule has 3 nitrogen and oxygen atoms in total. The third kappa shape index (κ3) is 1.74. The molecular formula is C11H15NO2. The van der Waals surface area contributed by atoms with Crippen LogP contribution in [0.2, 0.25) is 0 Å². The van der Waals surface area contributed by atoms with E-state index >= 15 is 0 Å². The van der Waals surface area contributed by atoms with Gasteiger partial charge in [-0.1, -0.05) is 6.07 Å². The molecule has 3 heteroatoms. The summed E-state index contributed by atoms with van der Waals surface area (Å²) >= 11 is 0. The average Bonchev–Trinajstić information content (AvgIpc) is 2.40. The number of rotatable bonds is 1. The smallest absolute Gasteiger partial charge is 0.124 e. The Morgan fingerprint density at radius 2 is 2.43 bits per heavy atom. The molecule has 1 aromatic rings. The summed E-state index contributed by atoms with van der Waals surface area (Å²) in [6.45, 7) is 3.76. The predicted molar refractivity (Wildman–Crippen MR) is 54.3 cm³/mol. The Morgan fingerprint density at radius 3 is 3.21 bits per heavy atom. The normalized spacial score (nSPS) is 20.9. The van der Waals surface area contributed by atoms with Crippen LogP contribution in [-0.4, -0.2) is 18.3 Å². The molecule has 1 aliphatic rings. The lowest BCUT2D eigenvalue weighted by atomic mass is 10.0. The van der Waals surface area contributed by atoms with Gasteiger partial charge in [-0.3, -0.25) is 0 Å². The van der Waals surface area contributed by atoms with Gasteiger partial charge in [0.25, 0.3) is 0 Å². The van der Waals surface area contributed by atoms with Crippen molar-refractivity contribution in [3.63, 3.8) is 0 Å². The third-order valence-electron chi connectivity index (χ3n) is 2.53. The molecule has 0 saturated carbocycles. The summed E-state index contributed by atoms with van der Waals surface area (Å²) in [4.78, 5) is 0. The monoisotopic (exact) mass is 193 g/mol. The van der Waals surface area contributed by atoms with Gasteiger partial charge in [-0.15, -0.1) is 0 Å². The highest BCUT2D eigenvalue weighted by atomic mass is 16.5. The lowest BCUT2D eigenvalue weighted by molar-refractivity contribution is 0.281. The largest absolute Gasteiger partial charge is 0.492 e. The van der Waals surface area contributed by atoms with Crippen LogP contribution in [0.1, 0.15) is 24.1 Å². The molecule has 0 bridgehead atoms. The van der Waals surface area contributed by atoms with E-state index in [0.29, 0.717) is 12.6 Å². The Balaban J connectivity index is 2.39. The molecule has 0 saturated heterocycles. The van der Waals surface area contributed by atoms with E-state index in [-0.39, 0.29) is 6.61 Å². The summed E-state index contributed by atoms with van der Waals surface area (Å²) in [6, 6.07) is 6.12. The average molecular weight is 193 g/mol. The molecule has 0 radical (unpaired) electrons. The molecule has 0 spiro atoms. The molecule has 1 unspecified atom stereocenters. The van der Waals surface area contributed by atoms with Crippen LogP contribution >= 0.6 is 0 Å². The quantitative estimate of drug-likeness (QED) is 0.704. The maximum atomic E-state index is 9.03. The molecule has 2 rings (SSSR count). The standard InChI is InChI=1S/C11H15NO2/c1-8-10-6-9(7-13)2-3-11(10)14-5-4-12-8/h2-3,6,8,12-13H,4-5,7H2,1H3. The molecule has 1 aromatic carbocycles. The van der Waals surface area contributed by atoms with Crippen molar-refractivity contribution in [2.45, 2.75) is 19.6 Å². The zero-order valence-corrected chi connectivity index (χ0v) is 8.29. The van der Waals surface area contributed by atoms with Gasteiger partial charge in [0.2, 0.25) is 0 Å². The number of fused-ring (bicyclic) bond motifs is 1. The first kappa shape index (κ1) is 9.49. The summed E-state index contributed by atoms with van der Waals surface area (Å²) in [5, 5.41) is 12.4.